The lowest BCUT2D eigenvalue weighted by Crippen LogP contribution is -2.12. The molecule has 0 unspecified atom stereocenters. The van der Waals surface area contributed by atoms with Gasteiger partial charge in [0.05, 0.1) is 19.8 Å². The lowest BCUT2D eigenvalue weighted by Gasteiger charge is -2.15. The Morgan fingerprint density at radius 2 is 2.18 bits per heavy atom. The van der Waals surface area contributed by atoms with Gasteiger partial charge in [-0.2, -0.15) is 5.26 Å². The molecule has 17 heavy (non-hydrogen) atoms. The zero-order valence-corrected chi connectivity index (χ0v) is 9.90. The van der Waals surface area contributed by atoms with Crippen LogP contribution in [0.5, 0.6) is 11.5 Å². The van der Waals surface area contributed by atoms with E-state index in [1.807, 2.05) is 0 Å². The van der Waals surface area contributed by atoms with Gasteiger partial charge < -0.3 is 15.2 Å². The van der Waals surface area contributed by atoms with E-state index in [4.69, 9.17) is 20.5 Å². The minimum atomic E-state index is 0.0599. The van der Waals surface area contributed by atoms with Gasteiger partial charge in [0.2, 0.25) is 0 Å². The van der Waals surface area contributed by atoms with Crippen LogP contribution in [0.1, 0.15) is 19.3 Å². The molecule has 0 radical (unpaired) electrons. The Balaban J connectivity index is 2.04. The minimum Gasteiger partial charge on any atom is -0.493 e. The van der Waals surface area contributed by atoms with Crippen molar-refractivity contribution in [2.24, 2.45) is 5.41 Å². The molecular formula is C13H16N2O2. The van der Waals surface area contributed by atoms with Gasteiger partial charge in [0.1, 0.15) is 0 Å². The minimum absolute atomic E-state index is 0.0599. The van der Waals surface area contributed by atoms with Crippen LogP contribution >= 0.6 is 0 Å². The average Bonchev–Trinajstić information content (AvgIpc) is 3.08. The first-order chi connectivity index (χ1) is 8.19. The highest BCUT2D eigenvalue weighted by Gasteiger charge is 2.43. The molecular weight excluding hydrogens is 216 g/mol. The molecule has 1 aliphatic carbocycles. The Kier molecular flexibility index (Phi) is 3.10. The number of hydrogen-bond donors (Lipinski definition) is 1. The van der Waals surface area contributed by atoms with Crippen molar-refractivity contribution >= 4 is 5.69 Å². The number of nitrogens with zero attached hydrogens (tertiary/aromatic N) is 1. The van der Waals surface area contributed by atoms with Gasteiger partial charge in [-0.05, 0) is 25.0 Å². The fourth-order valence-corrected chi connectivity index (χ4v) is 1.75. The molecule has 4 nitrogen and oxygen atoms in total. The zero-order valence-electron chi connectivity index (χ0n) is 9.90. The fraction of sp³-hybridized carbons (Fsp3) is 0.462. The van der Waals surface area contributed by atoms with Gasteiger partial charge in [-0.3, -0.25) is 0 Å². The summed E-state index contributed by atoms with van der Waals surface area (Å²) < 4.78 is 10.9. The highest BCUT2D eigenvalue weighted by Crippen LogP contribution is 2.49. The van der Waals surface area contributed by atoms with E-state index in [0.717, 1.165) is 12.8 Å². The van der Waals surface area contributed by atoms with E-state index in [9.17, 15) is 0 Å². The molecule has 1 saturated carbocycles. The van der Waals surface area contributed by atoms with E-state index in [0.29, 0.717) is 30.2 Å². The molecule has 0 bridgehead atoms. The van der Waals surface area contributed by atoms with Crippen LogP contribution in [-0.4, -0.2) is 13.7 Å². The molecule has 0 spiro atoms. The second-order valence-corrected chi connectivity index (χ2v) is 4.53. The first kappa shape index (κ1) is 11.6. The first-order valence-corrected chi connectivity index (χ1v) is 5.62. The maximum atomic E-state index is 8.73. The molecule has 1 aromatic rings. The molecule has 2 N–H and O–H groups in total. The van der Waals surface area contributed by atoms with Crippen molar-refractivity contribution in [2.75, 3.05) is 19.5 Å². The summed E-state index contributed by atoms with van der Waals surface area (Å²) in [6.45, 7) is 0.556. The smallest absolute Gasteiger partial charge is 0.163 e. The molecule has 4 heteroatoms. The first-order valence-electron chi connectivity index (χ1n) is 5.62. The molecule has 0 atom stereocenters. The van der Waals surface area contributed by atoms with Crippen molar-refractivity contribution in [2.45, 2.75) is 19.3 Å². The highest BCUT2D eigenvalue weighted by atomic mass is 16.5. The zero-order chi connectivity index (χ0) is 12.3. The third-order valence-corrected chi connectivity index (χ3v) is 3.13. The number of hydrogen-bond acceptors (Lipinski definition) is 4. The van der Waals surface area contributed by atoms with E-state index in [2.05, 4.69) is 6.07 Å². The standard InChI is InChI=1S/C13H16N2O2/c1-16-11-3-2-10(15)8-12(11)17-9-13(4-5-13)6-7-14/h2-3,8H,4-6,9,15H2,1H3. The van der Waals surface area contributed by atoms with Crippen LogP contribution in [0.2, 0.25) is 0 Å². The van der Waals surface area contributed by atoms with Crippen molar-refractivity contribution in [1.29, 1.82) is 5.26 Å². The summed E-state index contributed by atoms with van der Waals surface area (Å²) in [5, 5.41) is 8.73. The molecule has 0 heterocycles. The molecule has 1 fully saturated rings. The van der Waals surface area contributed by atoms with Crippen molar-refractivity contribution < 1.29 is 9.47 Å². The van der Waals surface area contributed by atoms with Gasteiger partial charge in [0.15, 0.2) is 11.5 Å². The quantitative estimate of drug-likeness (QED) is 0.791. The Hall–Kier alpha value is -1.89. The summed E-state index contributed by atoms with van der Waals surface area (Å²) in [5.41, 5.74) is 6.41. The molecule has 1 aromatic carbocycles. The van der Waals surface area contributed by atoms with E-state index >= 15 is 0 Å². The summed E-state index contributed by atoms with van der Waals surface area (Å²) in [6, 6.07) is 7.52. The van der Waals surface area contributed by atoms with Crippen LogP contribution in [0.3, 0.4) is 0 Å². The summed E-state index contributed by atoms with van der Waals surface area (Å²) >= 11 is 0. The lowest BCUT2D eigenvalue weighted by molar-refractivity contribution is 0.227. The van der Waals surface area contributed by atoms with Crippen LogP contribution in [0.25, 0.3) is 0 Å². The SMILES string of the molecule is COc1ccc(N)cc1OCC1(CC#N)CC1. The maximum absolute atomic E-state index is 8.73. The molecule has 2 rings (SSSR count). The Bertz CT molecular complexity index is 447. The number of nitrogen functional groups attached to an aromatic ring is 1. The highest BCUT2D eigenvalue weighted by molar-refractivity contribution is 5.51. The molecule has 0 aromatic heterocycles. The topological polar surface area (TPSA) is 68.3 Å². The van der Waals surface area contributed by atoms with Gasteiger partial charge in [0, 0.05) is 23.6 Å². The molecule has 0 amide bonds. The number of methoxy groups -OCH3 is 1. The maximum Gasteiger partial charge on any atom is 0.163 e. The monoisotopic (exact) mass is 232 g/mol. The predicted molar refractivity (Wildman–Crippen MR) is 64.8 cm³/mol. The predicted octanol–water partition coefficient (Wildman–Crippen LogP) is 2.35. The Morgan fingerprint density at radius 1 is 1.41 bits per heavy atom. The van der Waals surface area contributed by atoms with E-state index in [1.165, 1.54) is 0 Å². The van der Waals surface area contributed by atoms with Gasteiger partial charge in [-0.25, -0.2) is 0 Å². The van der Waals surface area contributed by atoms with E-state index < -0.39 is 0 Å². The van der Waals surface area contributed by atoms with Crippen LogP contribution in [-0.2, 0) is 0 Å². The summed E-state index contributed by atoms with van der Waals surface area (Å²) in [6.07, 6.45) is 2.67. The van der Waals surface area contributed by atoms with Gasteiger partial charge >= 0.3 is 0 Å². The van der Waals surface area contributed by atoms with Crippen molar-refractivity contribution in [3.63, 3.8) is 0 Å². The second-order valence-electron chi connectivity index (χ2n) is 4.53. The van der Waals surface area contributed by atoms with Crippen LogP contribution in [0.15, 0.2) is 18.2 Å². The van der Waals surface area contributed by atoms with Crippen LogP contribution in [0, 0.1) is 16.7 Å². The van der Waals surface area contributed by atoms with Crippen LogP contribution < -0.4 is 15.2 Å². The van der Waals surface area contributed by atoms with Crippen molar-refractivity contribution in [3.05, 3.63) is 18.2 Å². The van der Waals surface area contributed by atoms with Gasteiger partial charge in [-0.1, -0.05) is 0 Å². The Labute approximate surface area is 101 Å². The Morgan fingerprint density at radius 3 is 2.76 bits per heavy atom. The number of nitrogens with two attached hydrogens (primary N) is 1. The van der Waals surface area contributed by atoms with Gasteiger partial charge in [0.25, 0.3) is 0 Å². The second kappa shape index (κ2) is 4.54. The number of benzene rings is 1. The number of anilines is 1. The number of rotatable bonds is 5. The normalized spacial score (nSPS) is 16.0. The van der Waals surface area contributed by atoms with Crippen molar-refractivity contribution in [1.82, 2.24) is 0 Å². The number of ether oxygens (including phenoxy) is 2. The fourth-order valence-electron chi connectivity index (χ4n) is 1.75. The third kappa shape index (κ3) is 2.62. The largest absolute Gasteiger partial charge is 0.493 e. The van der Waals surface area contributed by atoms with Crippen LogP contribution in [0.4, 0.5) is 5.69 Å². The molecule has 1 aliphatic rings. The van der Waals surface area contributed by atoms with E-state index in [1.54, 1.807) is 25.3 Å². The summed E-state index contributed by atoms with van der Waals surface area (Å²) in [5.74, 6) is 1.32. The molecule has 0 aliphatic heterocycles. The summed E-state index contributed by atoms with van der Waals surface area (Å²) in [4.78, 5) is 0. The number of nitriles is 1. The summed E-state index contributed by atoms with van der Waals surface area (Å²) in [7, 11) is 1.60. The van der Waals surface area contributed by atoms with Gasteiger partial charge in [-0.15, -0.1) is 0 Å². The molecule has 90 valence electrons. The third-order valence-electron chi connectivity index (χ3n) is 3.13. The average molecular weight is 232 g/mol. The van der Waals surface area contributed by atoms with E-state index in [-0.39, 0.29) is 5.41 Å². The lowest BCUT2D eigenvalue weighted by atomic mass is 10.1. The van der Waals surface area contributed by atoms with Crippen molar-refractivity contribution in [3.8, 4) is 17.6 Å². The molecule has 0 saturated heterocycles.